The lowest BCUT2D eigenvalue weighted by Gasteiger charge is -2.20. The maximum absolute atomic E-state index is 12.0. The van der Waals surface area contributed by atoms with Crippen molar-refractivity contribution in [2.45, 2.75) is 30.8 Å². The molecule has 0 bridgehead atoms. The molecule has 5 heteroatoms. The molecule has 1 aromatic carbocycles. The summed E-state index contributed by atoms with van der Waals surface area (Å²) < 4.78 is 16.4. The largest absolute Gasteiger partial charge is 0.453 e. The first-order valence-electron chi connectivity index (χ1n) is 6.29. The standard InChI is InChI=1S/C14H16O5/c1-14(16)8-18-11-10(7-17-12(11)14)19-13(15)9-5-3-2-4-6-9/h2-6,10-12,16H,7-8H2,1H3/t10-,11+,12-,14+/m0/s1. The summed E-state index contributed by atoms with van der Waals surface area (Å²) in [4.78, 5) is 12.0. The summed E-state index contributed by atoms with van der Waals surface area (Å²) in [6.45, 7) is 2.12. The zero-order valence-corrected chi connectivity index (χ0v) is 10.6. The second-order valence-electron chi connectivity index (χ2n) is 5.20. The zero-order chi connectivity index (χ0) is 13.5. The second kappa shape index (κ2) is 4.59. The predicted octanol–water partition coefficient (Wildman–Crippen LogP) is 0.761. The molecule has 1 N–H and O–H groups in total. The van der Waals surface area contributed by atoms with Gasteiger partial charge in [-0.15, -0.1) is 0 Å². The summed E-state index contributed by atoms with van der Waals surface area (Å²) in [5.41, 5.74) is -0.519. The molecule has 2 fully saturated rings. The zero-order valence-electron chi connectivity index (χ0n) is 10.6. The van der Waals surface area contributed by atoms with Crippen molar-refractivity contribution in [3.8, 4) is 0 Å². The van der Waals surface area contributed by atoms with Gasteiger partial charge in [-0.2, -0.15) is 0 Å². The van der Waals surface area contributed by atoms with E-state index in [4.69, 9.17) is 14.2 Å². The van der Waals surface area contributed by atoms with Crippen LogP contribution in [0.1, 0.15) is 17.3 Å². The van der Waals surface area contributed by atoms with Crippen LogP contribution in [0.4, 0.5) is 0 Å². The fourth-order valence-electron chi connectivity index (χ4n) is 2.54. The van der Waals surface area contributed by atoms with Gasteiger partial charge in [-0.25, -0.2) is 4.79 Å². The van der Waals surface area contributed by atoms with Crippen molar-refractivity contribution in [3.05, 3.63) is 35.9 Å². The minimum absolute atomic E-state index is 0.196. The summed E-state index contributed by atoms with van der Waals surface area (Å²) >= 11 is 0. The molecule has 2 aliphatic rings. The minimum atomic E-state index is -1.02. The number of aliphatic hydroxyl groups is 1. The minimum Gasteiger partial charge on any atom is -0.453 e. The first-order valence-corrected chi connectivity index (χ1v) is 6.29. The Morgan fingerprint density at radius 1 is 1.37 bits per heavy atom. The monoisotopic (exact) mass is 264 g/mol. The van der Waals surface area contributed by atoms with Crippen molar-refractivity contribution in [1.29, 1.82) is 0 Å². The van der Waals surface area contributed by atoms with Crippen molar-refractivity contribution >= 4 is 5.97 Å². The highest BCUT2D eigenvalue weighted by molar-refractivity contribution is 5.89. The third-order valence-corrected chi connectivity index (χ3v) is 3.55. The lowest BCUT2D eigenvalue weighted by atomic mass is 9.98. The van der Waals surface area contributed by atoms with Gasteiger partial charge < -0.3 is 19.3 Å². The summed E-state index contributed by atoms with van der Waals surface area (Å²) in [7, 11) is 0. The van der Waals surface area contributed by atoms with Crippen molar-refractivity contribution in [2.24, 2.45) is 0 Å². The van der Waals surface area contributed by atoms with Crippen LogP contribution in [0.2, 0.25) is 0 Å². The maximum Gasteiger partial charge on any atom is 0.338 e. The van der Waals surface area contributed by atoms with Gasteiger partial charge in [-0.3, -0.25) is 0 Å². The molecule has 0 amide bonds. The molecule has 2 heterocycles. The van der Waals surface area contributed by atoms with Crippen molar-refractivity contribution < 1.29 is 24.1 Å². The molecule has 2 saturated heterocycles. The van der Waals surface area contributed by atoms with Gasteiger partial charge >= 0.3 is 5.97 Å². The quantitative estimate of drug-likeness (QED) is 0.799. The van der Waals surface area contributed by atoms with Crippen LogP contribution in [0.15, 0.2) is 30.3 Å². The van der Waals surface area contributed by atoms with Gasteiger partial charge in [0, 0.05) is 0 Å². The van der Waals surface area contributed by atoms with Gasteiger partial charge in [-0.05, 0) is 19.1 Å². The normalized spacial score (nSPS) is 37.1. The van der Waals surface area contributed by atoms with Crippen LogP contribution >= 0.6 is 0 Å². The van der Waals surface area contributed by atoms with Crippen molar-refractivity contribution in [2.75, 3.05) is 13.2 Å². The molecular formula is C14H16O5. The van der Waals surface area contributed by atoms with E-state index < -0.39 is 23.8 Å². The molecule has 0 spiro atoms. The summed E-state index contributed by atoms with van der Waals surface area (Å²) in [6, 6.07) is 8.79. The SMILES string of the molecule is C[C@@]1(O)CO[C@@H]2[C@@H](OC(=O)c3ccccc3)CO[C@@H]21. The number of hydrogen-bond donors (Lipinski definition) is 1. The lowest BCUT2D eigenvalue weighted by molar-refractivity contribution is -0.0590. The average molecular weight is 264 g/mol. The maximum atomic E-state index is 12.0. The number of esters is 1. The summed E-state index contributed by atoms with van der Waals surface area (Å²) in [5.74, 6) is -0.398. The third kappa shape index (κ3) is 2.25. The molecule has 5 nitrogen and oxygen atoms in total. The van der Waals surface area contributed by atoms with E-state index in [1.54, 1.807) is 31.2 Å². The van der Waals surface area contributed by atoms with Gasteiger partial charge in [0.15, 0.2) is 6.10 Å². The van der Waals surface area contributed by atoms with Crippen molar-refractivity contribution in [3.63, 3.8) is 0 Å². The van der Waals surface area contributed by atoms with E-state index in [2.05, 4.69) is 0 Å². The summed E-state index contributed by atoms with van der Waals surface area (Å²) in [6.07, 6.45) is -1.28. The van der Waals surface area contributed by atoms with E-state index in [1.165, 1.54) is 0 Å². The van der Waals surface area contributed by atoms with E-state index in [1.807, 2.05) is 6.07 Å². The molecule has 0 radical (unpaired) electrons. The van der Waals surface area contributed by atoms with Gasteiger partial charge in [0.2, 0.25) is 0 Å². The lowest BCUT2D eigenvalue weighted by Crippen LogP contribution is -2.41. The molecule has 19 heavy (non-hydrogen) atoms. The number of carbonyl (C=O) groups excluding carboxylic acids is 1. The van der Waals surface area contributed by atoms with Crippen LogP contribution in [0.3, 0.4) is 0 Å². The van der Waals surface area contributed by atoms with E-state index >= 15 is 0 Å². The fraction of sp³-hybridized carbons (Fsp3) is 0.500. The number of ether oxygens (including phenoxy) is 3. The van der Waals surface area contributed by atoms with Crippen LogP contribution in [0.25, 0.3) is 0 Å². The van der Waals surface area contributed by atoms with E-state index in [0.717, 1.165) is 0 Å². The number of hydrogen-bond acceptors (Lipinski definition) is 5. The molecule has 4 atom stereocenters. The van der Waals surface area contributed by atoms with Crippen LogP contribution in [-0.4, -0.2) is 48.2 Å². The van der Waals surface area contributed by atoms with E-state index in [9.17, 15) is 9.90 Å². The molecule has 0 aromatic heterocycles. The Morgan fingerprint density at radius 2 is 2.11 bits per heavy atom. The van der Waals surface area contributed by atoms with Gasteiger partial charge in [-0.1, -0.05) is 18.2 Å². The molecule has 2 aliphatic heterocycles. The Balaban J connectivity index is 1.68. The Morgan fingerprint density at radius 3 is 2.84 bits per heavy atom. The third-order valence-electron chi connectivity index (χ3n) is 3.55. The Bertz CT molecular complexity index is 470. The topological polar surface area (TPSA) is 65.0 Å². The Kier molecular flexibility index (Phi) is 3.05. The van der Waals surface area contributed by atoms with Gasteiger partial charge in [0.1, 0.15) is 17.8 Å². The molecule has 0 aliphatic carbocycles. The number of benzene rings is 1. The average Bonchev–Trinajstić information content (AvgIpc) is 2.93. The van der Waals surface area contributed by atoms with Crippen LogP contribution in [0.5, 0.6) is 0 Å². The van der Waals surface area contributed by atoms with E-state index in [-0.39, 0.29) is 19.3 Å². The highest BCUT2D eigenvalue weighted by atomic mass is 16.6. The smallest absolute Gasteiger partial charge is 0.338 e. The Hall–Kier alpha value is -1.43. The van der Waals surface area contributed by atoms with Gasteiger partial charge in [0.05, 0.1) is 18.8 Å². The fourth-order valence-corrected chi connectivity index (χ4v) is 2.54. The molecular weight excluding hydrogens is 248 g/mol. The predicted molar refractivity (Wildman–Crippen MR) is 65.7 cm³/mol. The molecule has 0 unspecified atom stereocenters. The molecule has 3 rings (SSSR count). The second-order valence-corrected chi connectivity index (χ2v) is 5.20. The van der Waals surface area contributed by atoms with Crippen LogP contribution in [0, 0.1) is 0 Å². The number of carbonyl (C=O) groups is 1. The molecule has 0 saturated carbocycles. The van der Waals surface area contributed by atoms with Gasteiger partial charge in [0.25, 0.3) is 0 Å². The first-order chi connectivity index (χ1) is 9.08. The van der Waals surface area contributed by atoms with Crippen molar-refractivity contribution in [1.82, 2.24) is 0 Å². The summed E-state index contributed by atoms with van der Waals surface area (Å²) in [5, 5.41) is 10.0. The van der Waals surface area contributed by atoms with E-state index in [0.29, 0.717) is 5.56 Å². The first kappa shape index (κ1) is 12.6. The number of rotatable bonds is 2. The Labute approximate surface area is 111 Å². The van der Waals surface area contributed by atoms with Crippen LogP contribution in [-0.2, 0) is 14.2 Å². The highest BCUT2D eigenvalue weighted by Crippen LogP contribution is 2.35. The van der Waals surface area contributed by atoms with Crippen LogP contribution < -0.4 is 0 Å². The highest BCUT2D eigenvalue weighted by Gasteiger charge is 2.54. The molecule has 102 valence electrons. The number of fused-ring (bicyclic) bond motifs is 1. The molecule has 1 aromatic rings.